The fraction of sp³-hybridized carbons (Fsp3) is 0.250. The second kappa shape index (κ2) is 7.94. The Bertz CT molecular complexity index is 920. The molecular formula is C16H15N3O3S3. The Hall–Kier alpha value is -1.97. The highest BCUT2D eigenvalue weighted by atomic mass is 32.2. The second-order valence-electron chi connectivity index (χ2n) is 4.99. The largest absolute Gasteiger partial charge is 0.462 e. The van der Waals surface area contributed by atoms with Crippen molar-refractivity contribution in [2.45, 2.75) is 18.9 Å². The van der Waals surface area contributed by atoms with E-state index in [2.05, 4.69) is 15.3 Å². The van der Waals surface area contributed by atoms with Crippen LogP contribution in [0.4, 0.5) is 5.00 Å². The van der Waals surface area contributed by atoms with Crippen LogP contribution in [0.5, 0.6) is 0 Å². The van der Waals surface area contributed by atoms with Crippen LogP contribution < -0.4 is 5.32 Å². The van der Waals surface area contributed by atoms with E-state index < -0.39 is 0 Å². The fourth-order valence-corrected chi connectivity index (χ4v) is 4.85. The van der Waals surface area contributed by atoms with Crippen LogP contribution in [0.15, 0.2) is 28.9 Å². The molecule has 9 heteroatoms. The van der Waals surface area contributed by atoms with Gasteiger partial charge in [0.05, 0.1) is 27.6 Å². The number of hydrogen-bond acceptors (Lipinski definition) is 8. The predicted octanol–water partition coefficient (Wildman–Crippen LogP) is 3.97. The minimum atomic E-state index is -0.360. The molecule has 0 aliphatic carbocycles. The molecule has 6 nitrogen and oxygen atoms in total. The number of thioether (sulfide) groups is 1. The molecule has 3 rings (SSSR count). The zero-order chi connectivity index (χ0) is 17.8. The second-order valence-corrected chi connectivity index (χ2v) is 7.93. The maximum atomic E-state index is 12.2. The molecule has 0 saturated heterocycles. The molecule has 1 N–H and O–H groups in total. The topological polar surface area (TPSA) is 81.2 Å². The Balaban J connectivity index is 1.62. The van der Waals surface area contributed by atoms with Crippen molar-refractivity contribution < 1.29 is 14.3 Å². The van der Waals surface area contributed by atoms with E-state index in [4.69, 9.17) is 4.74 Å². The number of carbonyl (C=O) groups excluding carboxylic acids is 2. The fourth-order valence-electron chi connectivity index (χ4n) is 2.12. The number of anilines is 1. The average molecular weight is 394 g/mol. The molecule has 0 bridgehead atoms. The van der Waals surface area contributed by atoms with Gasteiger partial charge < -0.3 is 10.1 Å². The Morgan fingerprint density at radius 2 is 2.20 bits per heavy atom. The predicted molar refractivity (Wildman–Crippen MR) is 102 cm³/mol. The van der Waals surface area contributed by atoms with Gasteiger partial charge in [0.2, 0.25) is 5.91 Å². The SMILES string of the molecule is CCOC(=O)c1sc(NC(=O)CSc2ncnc3ccsc23)cc1C. The van der Waals surface area contributed by atoms with Crippen LogP contribution in [0, 0.1) is 6.92 Å². The highest BCUT2D eigenvalue weighted by Gasteiger charge is 2.16. The number of fused-ring (bicyclic) bond motifs is 1. The van der Waals surface area contributed by atoms with Crippen LogP contribution in [0.25, 0.3) is 10.2 Å². The van der Waals surface area contributed by atoms with E-state index in [0.717, 1.165) is 20.8 Å². The van der Waals surface area contributed by atoms with Crippen LogP contribution in [0.2, 0.25) is 0 Å². The molecule has 0 spiro atoms. The van der Waals surface area contributed by atoms with Gasteiger partial charge in [-0.3, -0.25) is 4.79 Å². The first-order chi connectivity index (χ1) is 12.1. The Morgan fingerprint density at radius 1 is 1.36 bits per heavy atom. The number of nitrogens with one attached hydrogen (secondary N) is 1. The molecule has 3 aromatic heterocycles. The summed E-state index contributed by atoms with van der Waals surface area (Å²) in [4.78, 5) is 33.0. The van der Waals surface area contributed by atoms with Crippen LogP contribution in [0.3, 0.4) is 0 Å². The summed E-state index contributed by atoms with van der Waals surface area (Å²) in [5.74, 6) is -0.277. The molecule has 0 unspecified atom stereocenters. The van der Waals surface area contributed by atoms with Crippen molar-refractivity contribution in [2.24, 2.45) is 0 Å². The molecule has 3 heterocycles. The van der Waals surface area contributed by atoms with Crippen molar-refractivity contribution in [3.8, 4) is 0 Å². The minimum Gasteiger partial charge on any atom is -0.462 e. The summed E-state index contributed by atoms with van der Waals surface area (Å²) in [7, 11) is 0. The molecule has 25 heavy (non-hydrogen) atoms. The highest BCUT2D eigenvalue weighted by molar-refractivity contribution is 8.00. The smallest absolute Gasteiger partial charge is 0.348 e. The first-order valence-electron chi connectivity index (χ1n) is 7.47. The number of ether oxygens (including phenoxy) is 1. The summed E-state index contributed by atoms with van der Waals surface area (Å²) in [6.45, 7) is 3.91. The lowest BCUT2D eigenvalue weighted by Crippen LogP contribution is -2.13. The van der Waals surface area contributed by atoms with Gasteiger partial charge in [-0.25, -0.2) is 14.8 Å². The Labute approximate surface area is 156 Å². The zero-order valence-corrected chi connectivity index (χ0v) is 16.0. The highest BCUT2D eigenvalue weighted by Crippen LogP contribution is 2.30. The van der Waals surface area contributed by atoms with Gasteiger partial charge in [0.1, 0.15) is 16.2 Å². The minimum absolute atomic E-state index is 0.148. The third-order valence-corrected chi connectivity index (χ3v) is 6.35. The van der Waals surface area contributed by atoms with Gasteiger partial charge in [-0.1, -0.05) is 11.8 Å². The number of esters is 1. The first kappa shape index (κ1) is 17.8. The third-order valence-electron chi connectivity index (χ3n) is 3.19. The lowest BCUT2D eigenvalue weighted by molar-refractivity contribution is -0.113. The normalized spacial score (nSPS) is 10.8. The number of hydrogen-bond donors (Lipinski definition) is 1. The maximum Gasteiger partial charge on any atom is 0.348 e. The van der Waals surface area contributed by atoms with E-state index in [-0.39, 0.29) is 17.6 Å². The standard InChI is InChI=1S/C16H15N3O3S3/c1-3-22-16(21)13-9(2)6-12(25-13)19-11(20)7-24-15-14-10(4-5-23-14)17-8-18-15/h4-6,8H,3,7H2,1-2H3,(H,19,20). The van der Waals surface area contributed by atoms with Crippen LogP contribution in [-0.2, 0) is 9.53 Å². The number of nitrogens with zero attached hydrogens (tertiary/aromatic N) is 2. The number of thiophene rings is 2. The van der Waals surface area contributed by atoms with E-state index in [1.165, 1.54) is 29.4 Å². The van der Waals surface area contributed by atoms with E-state index in [1.807, 2.05) is 18.4 Å². The summed E-state index contributed by atoms with van der Waals surface area (Å²) in [5, 5.41) is 6.21. The van der Waals surface area contributed by atoms with Crippen molar-refractivity contribution in [2.75, 3.05) is 17.7 Å². The molecule has 0 aliphatic rings. The van der Waals surface area contributed by atoms with Crippen molar-refractivity contribution in [1.82, 2.24) is 9.97 Å². The van der Waals surface area contributed by atoms with Gasteiger partial charge in [0.15, 0.2) is 0 Å². The Kier molecular flexibility index (Phi) is 5.67. The van der Waals surface area contributed by atoms with Crippen molar-refractivity contribution in [3.63, 3.8) is 0 Å². The lowest BCUT2D eigenvalue weighted by atomic mass is 10.3. The van der Waals surface area contributed by atoms with Crippen molar-refractivity contribution >= 4 is 61.5 Å². The maximum absolute atomic E-state index is 12.2. The van der Waals surface area contributed by atoms with Gasteiger partial charge >= 0.3 is 5.97 Å². The molecule has 0 fully saturated rings. The van der Waals surface area contributed by atoms with E-state index in [1.54, 1.807) is 24.3 Å². The quantitative estimate of drug-likeness (QED) is 0.388. The molecule has 0 radical (unpaired) electrons. The molecule has 0 atom stereocenters. The summed E-state index contributed by atoms with van der Waals surface area (Å²) in [6, 6.07) is 3.71. The Morgan fingerprint density at radius 3 is 3.00 bits per heavy atom. The molecular weight excluding hydrogens is 378 g/mol. The number of rotatable bonds is 6. The number of aryl methyl sites for hydroxylation is 1. The van der Waals surface area contributed by atoms with Crippen LogP contribution in [-0.4, -0.2) is 34.2 Å². The molecule has 0 saturated carbocycles. The average Bonchev–Trinajstić information content (AvgIpc) is 3.19. The van der Waals surface area contributed by atoms with E-state index in [0.29, 0.717) is 16.5 Å². The monoisotopic (exact) mass is 393 g/mol. The van der Waals surface area contributed by atoms with Crippen LogP contribution >= 0.6 is 34.4 Å². The molecule has 3 aromatic rings. The number of aromatic nitrogens is 2. The zero-order valence-electron chi connectivity index (χ0n) is 13.6. The first-order valence-corrected chi connectivity index (χ1v) is 10.1. The summed E-state index contributed by atoms with van der Waals surface area (Å²) >= 11 is 4.15. The van der Waals surface area contributed by atoms with E-state index in [9.17, 15) is 9.59 Å². The number of carbonyl (C=O) groups is 2. The summed E-state index contributed by atoms with van der Waals surface area (Å²) in [5.41, 5.74) is 1.68. The molecule has 130 valence electrons. The van der Waals surface area contributed by atoms with Crippen LogP contribution in [0.1, 0.15) is 22.2 Å². The van der Waals surface area contributed by atoms with Crippen molar-refractivity contribution in [1.29, 1.82) is 0 Å². The lowest BCUT2D eigenvalue weighted by Gasteiger charge is -2.03. The summed E-state index contributed by atoms with van der Waals surface area (Å²) < 4.78 is 5.99. The molecule has 0 aromatic carbocycles. The van der Waals surface area contributed by atoms with E-state index >= 15 is 0 Å². The number of amides is 1. The molecule has 1 amide bonds. The van der Waals surface area contributed by atoms with Gasteiger partial charge in [-0.2, -0.15) is 0 Å². The third kappa shape index (κ3) is 4.17. The van der Waals surface area contributed by atoms with Crippen molar-refractivity contribution in [3.05, 3.63) is 34.3 Å². The van der Waals surface area contributed by atoms with Gasteiger partial charge in [0, 0.05) is 0 Å². The molecule has 0 aliphatic heterocycles. The van der Waals surface area contributed by atoms with Gasteiger partial charge in [-0.15, -0.1) is 22.7 Å². The van der Waals surface area contributed by atoms with Gasteiger partial charge in [-0.05, 0) is 36.9 Å². The van der Waals surface area contributed by atoms with Gasteiger partial charge in [0.25, 0.3) is 0 Å². The summed E-state index contributed by atoms with van der Waals surface area (Å²) in [6.07, 6.45) is 1.50.